The van der Waals surface area contributed by atoms with Crippen molar-refractivity contribution in [3.8, 4) is 0 Å². The maximum atomic E-state index is 3.87. The summed E-state index contributed by atoms with van der Waals surface area (Å²) in [5, 5.41) is 0. The van der Waals surface area contributed by atoms with Crippen molar-refractivity contribution in [3.05, 3.63) is 97.7 Å². The summed E-state index contributed by atoms with van der Waals surface area (Å²) in [5.41, 5.74) is 4.43. The summed E-state index contributed by atoms with van der Waals surface area (Å²) in [7, 11) is 0. The molecule has 0 saturated carbocycles. The van der Waals surface area contributed by atoms with Gasteiger partial charge in [-0.05, 0) is 35.3 Å². The topological polar surface area (TPSA) is 0 Å². The van der Waals surface area contributed by atoms with Crippen LogP contribution in [0.25, 0.3) is 11.1 Å². The summed E-state index contributed by atoms with van der Waals surface area (Å²) in [6, 6.07) is 8.32. The maximum Gasteiger partial charge on any atom is -0.0178 e. The number of hydrogen-bond donors (Lipinski definition) is 0. The normalized spacial score (nSPS) is 12.5. The third-order valence-electron chi connectivity index (χ3n) is 2.73. The molecule has 19 heavy (non-hydrogen) atoms. The lowest BCUT2D eigenvalue weighted by Crippen LogP contribution is -1.85. The van der Waals surface area contributed by atoms with Crippen LogP contribution in [-0.4, -0.2) is 0 Å². The second-order valence-electron chi connectivity index (χ2n) is 3.99. The molecule has 0 atom stereocenters. The molecule has 0 aliphatic carbocycles. The van der Waals surface area contributed by atoms with Crippen molar-refractivity contribution < 1.29 is 0 Å². The van der Waals surface area contributed by atoms with Crippen LogP contribution in [0.5, 0.6) is 0 Å². The molecule has 0 nitrogen and oxygen atoms in total. The van der Waals surface area contributed by atoms with Crippen molar-refractivity contribution >= 4 is 11.1 Å². The molecule has 1 aromatic rings. The number of allylic oxidation sites excluding steroid dienone is 9. The van der Waals surface area contributed by atoms with Gasteiger partial charge in [-0.15, -0.1) is 0 Å². The van der Waals surface area contributed by atoms with Gasteiger partial charge in [-0.3, -0.25) is 0 Å². The van der Waals surface area contributed by atoms with Crippen LogP contribution in [0.1, 0.15) is 18.1 Å². The van der Waals surface area contributed by atoms with Crippen molar-refractivity contribution in [2.75, 3.05) is 0 Å². The van der Waals surface area contributed by atoms with Gasteiger partial charge in [-0.1, -0.05) is 80.5 Å². The van der Waals surface area contributed by atoms with Gasteiger partial charge in [0.2, 0.25) is 0 Å². The summed E-state index contributed by atoms with van der Waals surface area (Å²) in [6.45, 7) is 13.4. The Morgan fingerprint density at radius 2 is 1.53 bits per heavy atom. The van der Waals surface area contributed by atoms with Crippen molar-refractivity contribution in [2.24, 2.45) is 0 Å². The first-order valence-corrected chi connectivity index (χ1v) is 6.28. The first-order valence-electron chi connectivity index (χ1n) is 6.28. The molecule has 0 bridgehead atoms. The van der Waals surface area contributed by atoms with Crippen LogP contribution in [-0.2, 0) is 0 Å². The highest BCUT2D eigenvalue weighted by molar-refractivity contribution is 5.80. The Morgan fingerprint density at radius 1 is 0.947 bits per heavy atom. The highest BCUT2D eigenvalue weighted by atomic mass is 14.1. The van der Waals surface area contributed by atoms with Crippen molar-refractivity contribution in [2.45, 2.75) is 6.92 Å². The highest BCUT2D eigenvalue weighted by Gasteiger charge is 2.01. The van der Waals surface area contributed by atoms with E-state index in [-0.39, 0.29) is 0 Å². The minimum Gasteiger partial charge on any atom is -0.0990 e. The van der Waals surface area contributed by atoms with Gasteiger partial charge in [0.15, 0.2) is 0 Å². The second-order valence-corrected chi connectivity index (χ2v) is 3.99. The highest BCUT2D eigenvalue weighted by Crippen LogP contribution is 2.22. The summed E-state index contributed by atoms with van der Waals surface area (Å²) in [6.07, 6.45) is 13.5. The van der Waals surface area contributed by atoms with Gasteiger partial charge in [-0.25, -0.2) is 0 Å². The van der Waals surface area contributed by atoms with E-state index in [0.29, 0.717) is 0 Å². The molecule has 1 rings (SSSR count). The van der Waals surface area contributed by atoms with E-state index in [0.717, 1.165) is 22.3 Å². The van der Waals surface area contributed by atoms with Crippen LogP contribution in [0, 0.1) is 0 Å². The van der Waals surface area contributed by atoms with Crippen LogP contribution in [0.2, 0.25) is 0 Å². The monoisotopic (exact) mass is 248 g/mol. The minimum absolute atomic E-state index is 1.06. The Kier molecular flexibility index (Phi) is 6.11. The van der Waals surface area contributed by atoms with Gasteiger partial charge >= 0.3 is 0 Å². The summed E-state index contributed by atoms with van der Waals surface area (Å²) in [5.74, 6) is 0. The number of hydrogen-bond acceptors (Lipinski definition) is 0. The lowest BCUT2D eigenvalue weighted by molar-refractivity contribution is 1.56. The lowest BCUT2D eigenvalue weighted by Gasteiger charge is -2.06. The third-order valence-corrected chi connectivity index (χ3v) is 2.73. The molecule has 0 aliphatic heterocycles. The fraction of sp³-hybridized carbons (Fsp3) is 0.0526. The summed E-state index contributed by atoms with van der Waals surface area (Å²) >= 11 is 0. The lowest BCUT2D eigenvalue weighted by atomic mass is 9.98. The van der Waals surface area contributed by atoms with Gasteiger partial charge in [-0.2, -0.15) is 0 Å². The molecule has 0 heterocycles. The molecular formula is C19H20. The Balaban J connectivity index is 3.26. The quantitative estimate of drug-likeness (QED) is 0.576. The van der Waals surface area contributed by atoms with Crippen molar-refractivity contribution in [3.63, 3.8) is 0 Å². The molecule has 0 spiro atoms. The molecule has 0 amide bonds. The SMILES string of the molecule is C=C/C=C(\C=C)c1cccc(/C(C=C)=C/C=C\C)c1. The molecule has 0 fully saturated rings. The molecule has 0 radical (unpaired) electrons. The van der Waals surface area contributed by atoms with Gasteiger partial charge in [0.25, 0.3) is 0 Å². The third kappa shape index (κ3) is 4.11. The predicted molar refractivity (Wildman–Crippen MR) is 87.8 cm³/mol. The Labute approximate surface area is 116 Å². The van der Waals surface area contributed by atoms with E-state index in [1.54, 1.807) is 6.08 Å². The van der Waals surface area contributed by atoms with Crippen LogP contribution < -0.4 is 0 Å². The van der Waals surface area contributed by atoms with Gasteiger partial charge in [0.05, 0.1) is 0 Å². The fourth-order valence-electron chi connectivity index (χ4n) is 1.77. The Bertz CT molecular complexity index is 551. The Hall–Kier alpha value is -2.34. The zero-order valence-electron chi connectivity index (χ0n) is 11.5. The molecule has 0 aromatic heterocycles. The van der Waals surface area contributed by atoms with Gasteiger partial charge in [0, 0.05) is 0 Å². The number of rotatable bonds is 6. The van der Waals surface area contributed by atoms with E-state index in [1.807, 2.05) is 43.4 Å². The zero-order chi connectivity index (χ0) is 14.1. The fourth-order valence-corrected chi connectivity index (χ4v) is 1.77. The van der Waals surface area contributed by atoms with Crippen LogP contribution in [0.15, 0.2) is 86.5 Å². The maximum absolute atomic E-state index is 3.87. The largest absolute Gasteiger partial charge is 0.0990 e. The molecule has 96 valence electrons. The molecule has 0 heteroatoms. The van der Waals surface area contributed by atoms with E-state index < -0.39 is 0 Å². The summed E-state index contributed by atoms with van der Waals surface area (Å²) < 4.78 is 0. The number of benzene rings is 1. The molecular weight excluding hydrogens is 228 g/mol. The van der Waals surface area contributed by atoms with Crippen LogP contribution in [0.4, 0.5) is 0 Å². The second kappa shape index (κ2) is 7.88. The van der Waals surface area contributed by atoms with Crippen molar-refractivity contribution in [1.82, 2.24) is 0 Å². The van der Waals surface area contributed by atoms with Crippen LogP contribution in [0.3, 0.4) is 0 Å². The van der Waals surface area contributed by atoms with Crippen LogP contribution >= 0.6 is 0 Å². The average Bonchev–Trinajstić information content (AvgIpc) is 2.46. The predicted octanol–water partition coefficient (Wildman–Crippen LogP) is 5.59. The van der Waals surface area contributed by atoms with E-state index >= 15 is 0 Å². The molecule has 0 unspecified atom stereocenters. The Morgan fingerprint density at radius 3 is 2.00 bits per heavy atom. The standard InChI is InChI=1S/C19H20/c1-5-9-12-17(8-4)19-14-10-13-18(15-19)16(7-3)11-6-2/h5-15H,2-4H2,1H3/b9-5-,16-11+,17-12+. The van der Waals surface area contributed by atoms with E-state index in [4.69, 9.17) is 0 Å². The molecule has 1 aromatic carbocycles. The summed E-state index contributed by atoms with van der Waals surface area (Å²) in [4.78, 5) is 0. The first-order chi connectivity index (χ1) is 9.26. The smallest absolute Gasteiger partial charge is 0.0178 e. The zero-order valence-corrected chi connectivity index (χ0v) is 11.5. The van der Waals surface area contributed by atoms with E-state index in [1.165, 1.54) is 0 Å². The average molecular weight is 248 g/mol. The van der Waals surface area contributed by atoms with E-state index in [9.17, 15) is 0 Å². The van der Waals surface area contributed by atoms with Crippen molar-refractivity contribution in [1.29, 1.82) is 0 Å². The van der Waals surface area contributed by atoms with Gasteiger partial charge in [0.1, 0.15) is 0 Å². The van der Waals surface area contributed by atoms with Gasteiger partial charge < -0.3 is 0 Å². The molecule has 0 N–H and O–H groups in total. The minimum atomic E-state index is 1.06. The first kappa shape index (κ1) is 14.7. The molecule has 0 aliphatic rings. The molecule has 0 saturated heterocycles. The van der Waals surface area contributed by atoms with E-state index in [2.05, 4.69) is 44.0 Å².